The minimum atomic E-state index is -1.87. The van der Waals surface area contributed by atoms with E-state index in [9.17, 15) is 20.6 Å². The Labute approximate surface area is 181 Å². The Morgan fingerprint density at radius 1 is 1.23 bits per heavy atom. The molecule has 1 aromatic rings. The van der Waals surface area contributed by atoms with Crippen LogP contribution in [0.2, 0.25) is 0 Å². The summed E-state index contributed by atoms with van der Waals surface area (Å²) in [6.45, 7) is 4.57. The Kier molecular flexibility index (Phi) is 6.28. The molecule has 1 aliphatic heterocycles. The molecule has 0 radical (unpaired) electrons. The molecule has 3 rings (SSSR count). The van der Waals surface area contributed by atoms with Crippen LogP contribution in [0.15, 0.2) is 35.9 Å². The predicted octanol–water partition coefficient (Wildman–Crippen LogP) is 3.39. The number of benzene rings is 1. The molecule has 1 aliphatic carbocycles. The summed E-state index contributed by atoms with van der Waals surface area (Å²) in [5.74, 6) is -1.78. The van der Waals surface area contributed by atoms with Gasteiger partial charge in [0.15, 0.2) is 5.41 Å². The quantitative estimate of drug-likeness (QED) is 0.746. The molecule has 2 aliphatic rings. The molecular formula is C23H23N5O3. The highest BCUT2D eigenvalue weighted by molar-refractivity contribution is 6.01. The van der Waals surface area contributed by atoms with Crippen molar-refractivity contribution in [3.05, 3.63) is 41.5 Å². The fraction of sp³-hybridized carbons (Fsp3) is 0.435. The van der Waals surface area contributed by atoms with Gasteiger partial charge in [0.1, 0.15) is 11.7 Å². The maximum atomic E-state index is 12.4. The molecule has 8 heteroatoms. The molecule has 0 saturated heterocycles. The average molecular weight is 417 g/mol. The summed E-state index contributed by atoms with van der Waals surface area (Å²) in [4.78, 5) is 13.9. The van der Waals surface area contributed by atoms with Crippen LogP contribution in [-0.4, -0.2) is 43.0 Å². The number of nitrogens with zero attached hydrogens (tertiary/aromatic N) is 4. The van der Waals surface area contributed by atoms with E-state index in [-0.39, 0.29) is 25.4 Å². The van der Waals surface area contributed by atoms with Crippen LogP contribution < -0.4 is 4.74 Å². The highest BCUT2D eigenvalue weighted by atomic mass is 16.6. The first-order valence-electron chi connectivity index (χ1n) is 10.1. The van der Waals surface area contributed by atoms with Crippen molar-refractivity contribution in [1.29, 1.82) is 21.2 Å². The van der Waals surface area contributed by atoms with Crippen molar-refractivity contribution in [3.8, 4) is 24.0 Å². The van der Waals surface area contributed by atoms with Gasteiger partial charge >= 0.3 is 6.09 Å². The molecule has 0 aromatic heterocycles. The van der Waals surface area contributed by atoms with Crippen LogP contribution in [0.25, 0.3) is 0 Å². The monoisotopic (exact) mass is 417 g/mol. The minimum Gasteiger partial charge on any atom is -0.494 e. The second-order valence-electron chi connectivity index (χ2n) is 7.37. The smallest absolute Gasteiger partial charge is 0.410 e. The molecule has 0 bridgehead atoms. The van der Waals surface area contributed by atoms with Gasteiger partial charge in [-0.2, -0.15) is 15.8 Å². The molecule has 1 fully saturated rings. The lowest BCUT2D eigenvalue weighted by molar-refractivity contribution is 0.0991. The summed E-state index contributed by atoms with van der Waals surface area (Å²) in [6.07, 6.45) is 1.26. The molecule has 1 aromatic carbocycles. The van der Waals surface area contributed by atoms with Gasteiger partial charge in [0.2, 0.25) is 0 Å². The Hall–Kier alpha value is -3.83. The van der Waals surface area contributed by atoms with E-state index in [2.05, 4.69) is 6.07 Å². The standard InChI is InChI=1S/C23H23N5O3/c1-3-30-19-8-6-5-7-16(19)20-18-12-28(22(29)31-4-2)10-9-15(18)17(11-24)21(27)23(20,13-25)14-26/h5-9,17-18,20,27H,3-4,10,12H2,1-2H3/t17-,18+,20-/m0/s1. The number of carbonyl (C=O) groups excluding carboxylic acids is 1. The van der Waals surface area contributed by atoms with E-state index in [0.29, 0.717) is 23.5 Å². The van der Waals surface area contributed by atoms with Gasteiger partial charge in [-0.15, -0.1) is 0 Å². The van der Waals surface area contributed by atoms with Crippen LogP contribution >= 0.6 is 0 Å². The maximum absolute atomic E-state index is 12.4. The fourth-order valence-corrected chi connectivity index (χ4v) is 4.54. The van der Waals surface area contributed by atoms with Crippen LogP contribution in [0.4, 0.5) is 4.79 Å². The van der Waals surface area contributed by atoms with Gasteiger partial charge in [-0.05, 0) is 25.5 Å². The van der Waals surface area contributed by atoms with E-state index in [1.807, 2.05) is 19.1 Å². The van der Waals surface area contributed by atoms with Gasteiger partial charge in [0.25, 0.3) is 0 Å². The molecule has 0 unspecified atom stereocenters. The third kappa shape index (κ3) is 3.49. The zero-order valence-corrected chi connectivity index (χ0v) is 17.5. The van der Waals surface area contributed by atoms with E-state index in [0.717, 1.165) is 0 Å². The zero-order valence-electron chi connectivity index (χ0n) is 17.5. The molecular weight excluding hydrogens is 394 g/mol. The number of nitrogens with one attached hydrogen (secondary N) is 1. The van der Waals surface area contributed by atoms with Crippen molar-refractivity contribution in [1.82, 2.24) is 4.90 Å². The lowest BCUT2D eigenvalue weighted by Gasteiger charge is -2.47. The number of carbonyl (C=O) groups is 1. The summed E-state index contributed by atoms with van der Waals surface area (Å²) >= 11 is 0. The molecule has 3 atom stereocenters. The number of rotatable bonds is 4. The van der Waals surface area contributed by atoms with Gasteiger partial charge in [0.05, 0.1) is 37.1 Å². The summed E-state index contributed by atoms with van der Waals surface area (Å²) in [7, 11) is 0. The first-order chi connectivity index (χ1) is 15.0. The lowest BCUT2D eigenvalue weighted by Crippen LogP contribution is -2.53. The average Bonchev–Trinajstić information content (AvgIpc) is 2.79. The second-order valence-corrected chi connectivity index (χ2v) is 7.37. The van der Waals surface area contributed by atoms with Crippen molar-refractivity contribution >= 4 is 11.8 Å². The Morgan fingerprint density at radius 3 is 2.55 bits per heavy atom. The number of amides is 1. The molecule has 1 amide bonds. The van der Waals surface area contributed by atoms with Crippen LogP contribution in [0, 0.1) is 56.7 Å². The van der Waals surface area contributed by atoms with Gasteiger partial charge in [0, 0.05) is 30.5 Å². The number of fused-ring (bicyclic) bond motifs is 1. The first-order valence-corrected chi connectivity index (χ1v) is 10.1. The van der Waals surface area contributed by atoms with E-state index >= 15 is 0 Å². The van der Waals surface area contributed by atoms with Gasteiger partial charge in [-0.1, -0.05) is 24.3 Å². The van der Waals surface area contributed by atoms with Gasteiger partial charge in [-0.25, -0.2) is 4.79 Å². The van der Waals surface area contributed by atoms with Crippen molar-refractivity contribution < 1.29 is 14.3 Å². The highest BCUT2D eigenvalue weighted by Crippen LogP contribution is 2.55. The summed E-state index contributed by atoms with van der Waals surface area (Å²) < 4.78 is 10.9. The van der Waals surface area contributed by atoms with E-state index in [4.69, 9.17) is 14.9 Å². The van der Waals surface area contributed by atoms with E-state index < -0.39 is 29.3 Å². The Bertz CT molecular complexity index is 1030. The first kappa shape index (κ1) is 21.9. The van der Waals surface area contributed by atoms with Crippen LogP contribution in [-0.2, 0) is 4.74 Å². The topological polar surface area (TPSA) is 134 Å². The van der Waals surface area contributed by atoms with E-state index in [1.165, 1.54) is 4.90 Å². The number of ether oxygens (including phenoxy) is 2. The highest BCUT2D eigenvalue weighted by Gasteiger charge is 2.58. The van der Waals surface area contributed by atoms with Crippen LogP contribution in [0.1, 0.15) is 25.3 Å². The SMILES string of the molecule is CCOC(=O)N1CC=C2[C@H](C#N)C(=N)C(C#N)(C#N)[C@@H](c3ccccc3OCC)[C@@H]2C1. The predicted molar refractivity (Wildman–Crippen MR) is 111 cm³/mol. The molecule has 1 N–H and O–H groups in total. The largest absolute Gasteiger partial charge is 0.494 e. The van der Waals surface area contributed by atoms with Gasteiger partial charge in [-0.3, -0.25) is 0 Å². The second kappa shape index (κ2) is 8.90. The lowest BCUT2D eigenvalue weighted by atomic mass is 9.54. The zero-order chi connectivity index (χ0) is 22.6. The van der Waals surface area contributed by atoms with E-state index in [1.54, 1.807) is 37.3 Å². The molecule has 1 heterocycles. The molecule has 8 nitrogen and oxygen atoms in total. The Morgan fingerprint density at radius 2 is 1.94 bits per heavy atom. The number of hydrogen-bond donors (Lipinski definition) is 1. The van der Waals surface area contributed by atoms with Crippen molar-refractivity contribution in [2.45, 2.75) is 19.8 Å². The van der Waals surface area contributed by atoms with Crippen molar-refractivity contribution in [2.24, 2.45) is 17.3 Å². The molecule has 31 heavy (non-hydrogen) atoms. The minimum absolute atomic E-state index is 0.173. The molecule has 0 spiro atoms. The summed E-state index contributed by atoms with van der Waals surface area (Å²) in [5.41, 5.74) is -0.836. The summed E-state index contributed by atoms with van der Waals surface area (Å²) in [6, 6.07) is 13.3. The number of hydrogen-bond acceptors (Lipinski definition) is 7. The number of para-hydroxylation sites is 1. The fourth-order valence-electron chi connectivity index (χ4n) is 4.54. The van der Waals surface area contributed by atoms with Crippen molar-refractivity contribution in [3.63, 3.8) is 0 Å². The molecule has 158 valence electrons. The Balaban J connectivity index is 2.23. The summed E-state index contributed by atoms with van der Waals surface area (Å²) in [5, 5.41) is 38.7. The third-order valence-electron chi connectivity index (χ3n) is 5.87. The van der Waals surface area contributed by atoms with Gasteiger partial charge < -0.3 is 19.8 Å². The van der Waals surface area contributed by atoms with Crippen molar-refractivity contribution in [2.75, 3.05) is 26.3 Å². The van der Waals surface area contributed by atoms with Crippen LogP contribution in [0.3, 0.4) is 0 Å². The number of nitriles is 3. The third-order valence-corrected chi connectivity index (χ3v) is 5.87. The normalized spacial score (nSPS) is 24.0. The van der Waals surface area contributed by atoms with Crippen LogP contribution in [0.5, 0.6) is 5.75 Å². The maximum Gasteiger partial charge on any atom is 0.410 e. The molecule has 1 saturated carbocycles.